The van der Waals surface area contributed by atoms with Crippen LogP contribution in [0.3, 0.4) is 0 Å². The molecule has 142 valence electrons. The van der Waals surface area contributed by atoms with E-state index in [-0.39, 0.29) is 5.69 Å². The summed E-state index contributed by atoms with van der Waals surface area (Å²) in [6.07, 6.45) is 0. The van der Waals surface area contributed by atoms with Crippen LogP contribution >= 0.6 is 0 Å². The van der Waals surface area contributed by atoms with Crippen molar-refractivity contribution in [3.05, 3.63) is 102 Å². The first-order valence-electron chi connectivity index (χ1n) is 8.28. The summed E-state index contributed by atoms with van der Waals surface area (Å²) in [5.41, 5.74) is 0.0870. The predicted molar refractivity (Wildman–Crippen MR) is 104 cm³/mol. The molecule has 0 fully saturated rings. The minimum Gasteiger partial charge on any atom is -0.258 e. The van der Waals surface area contributed by atoms with Gasteiger partial charge in [0.05, 0.1) is 20.5 Å². The molecule has 1 aliphatic rings. The van der Waals surface area contributed by atoms with Crippen LogP contribution in [-0.4, -0.2) is 20.5 Å². The number of aliphatic imine (C=N–C) groups is 1. The van der Waals surface area contributed by atoms with Gasteiger partial charge in [-0.1, -0.05) is 48.5 Å². The van der Waals surface area contributed by atoms with Gasteiger partial charge >= 0.3 is 17.1 Å². The molecule has 0 spiro atoms. The molecule has 29 heavy (non-hydrogen) atoms. The van der Waals surface area contributed by atoms with Gasteiger partial charge in [-0.3, -0.25) is 30.3 Å². The van der Waals surface area contributed by atoms with Gasteiger partial charge in [-0.2, -0.15) is 0 Å². The van der Waals surface area contributed by atoms with Crippen molar-refractivity contribution in [3.63, 3.8) is 0 Å². The van der Waals surface area contributed by atoms with E-state index in [4.69, 9.17) is 0 Å². The average Bonchev–Trinajstić information content (AvgIpc) is 3.01. The molecule has 0 heterocycles. The molecule has 0 radical (unpaired) electrons. The second-order valence-electron chi connectivity index (χ2n) is 6.12. The average molecular weight is 390 g/mol. The first kappa shape index (κ1) is 17.9. The highest BCUT2D eigenvalue weighted by Gasteiger charge is 2.39. The minimum atomic E-state index is -1.19. The standard InChI is InChI=1S/C19H10N4O6/c24-21(25)16-10-9-15(18(22(26)27)19(16)23(28)29)20-17-13-7-3-1-5-11(13)12-6-2-4-8-14(12)17/h1-10H. The maximum Gasteiger partial charge on any atom is 0.424 e. The van der Waals surface area contributed by atoms with Gasteiger partial charge in [0.25, 0.3) is 0 Å². The first-order chi connectivity index (χ1) is 13.9. The largest absolute Gasteiger partial charge is 0.424 e. The molecule has 0 atom stereocenters. The molecular formula is C19H10N4O6. The van der Waals surface area contributed by atoms with E-state index in [1.165, 1.54) is 0 Å². The first-order valence-corrected chi connectivity index (χ1v) is 8.28. The zero-order valence-electron chi connectivity index (χ0n) is 14.5. The molecule has 4 rings (SSSR count). The number of nitro benzene ring substituents is 3. The Morgan fingerprint density at radius 3 is 1.52 bits per heavy atom. The summed E-state index contributed by atoms with van der Waals surface area (Å²) in [7, 11) is 0. The monoisotopic (exact) mass is 390 g/mol. The fourth-order valence-electron chi connectivity index (χ4n) is 3.39. The molecule has 0 saturated heterocycles. The van der Waals surface area contributed by atoms with Crippen molar-refractivity contribution in [1.82, 2.24) is 0 Å². The lowest BCUT2D eigenvalue weighted by molar-refractivity contribution is -0.440. The van der Waals surface area contributed by atoms with Crippen LogP contribution < -0.4 is 0 Å². The van der Waals surface area contributed by atoms with Crippen molar-refractivity contribution in [2.45, 2.75) is 0 Å². The summed E-state index contributed by atoms with van der Waals surface area (Å²) in [6.45, 7) is 0. The molecule has 3 aromatic carbocycles. The number of nitro groups is 3. The van der Waals surface area contributed by atoms with Crippen LogP contribution in [0, 0.1) is 30.3 Å². The maximum absolute atomic E-state index is 11.6. The Kier molecular flexibility index (Phi) is 4.08. The van der Waals surface area contributed by atoms with Crippen LogP contribution in [0.4, 0.5) is 22.7 Å². The summed E-state index contributed by atoms with van der Waals surface area (Å²) < 4.78 is 0. The molecule has 10 heteroatoms. The van der Waals surface area contributed by atoms with E-state index in [0.717, 1.165) is 23.3 Å². The van der Waals surface area contributed by atoms with Gasteiger partial charge in [0, 0.05) is 17.2 Å². The van der Waals surface area contributed by atoms with Gasteiger partial charge in [-0.05, 0) is 17.2 Å². The summed E-state index contributed by atoms with van der Waals surface area (Å²) in [4.78, 5) is 35.3. The summed E-state index contributed by atoms with van der Waals surface area (Å²) in [6, 6.07) is 16.5. The van der Waals surface area contributed by atoms with E-state index in [1.54, 1.807) is 24.3 Å². The Morgan fingerprint density at radius 2 is 1.07 bits per heavy atom. The lowest BCUT2D eigenvalue weighted by atomic mass is 10.1. The third-order valence-electron chi connectivity index (χ3n) is 4.56. The summed E-state index contributed by atoms with van der Waals surface area (Å²) in [5, 5.41) is 34.1. The van der Waals surface area contributed by atoms with E-state index < -0.39 is 31.8 Å². The fraction of sp³-hybridized carbons (Fsp3) is 0. The molecule has 0 aromatic heterocycles. The van der Waals surface area contributed by atoms with E-state index in [1.807, 2.05) is 24.3 Å². The lowest BCUT2D eigenvalue weighted by Gasteiger charge is -2.04. The zero-order chi connectivity index (χ0) is 20.7. The molecule has 0 aliphatic heterocycles. The van der Waals surface area contributed by atoms with Crippen LogP contribution in [0.25, 0.3) is 11.1 Å². The number of benzene rings is 3. The minimum absolute atomic E-state index is 0.325. The van der Waals surface area contributed by atoms with E-state index >= 15 is 0 Å². The second-order valence-corrected chi connectivity index (χ2v) is 6.12. The highest BCUT2D eigenvalue weighted by molar-refractivity contribution is 6.25. The second kappa shape index (κ2) is 6.60. The lowest BCUT2D eigenvalue weighted by Crippen LogP contribution is -2.03. The number of hydrogen-bond donors (Lipinski definition) is 0. The maximum atomic E-state index is 11.6. The number of rotatable bonds is 4. The number of hydrogen-bond acceptors (Lipinski definition) is 7. The Labute approximate surface area is 162 Å². The van der Waals surface area contributed by atoms with E-state index in [2.05, 4.69) is 4.99 Å². The van der Waals surface area contributed by atoms with Gasteiger partial charge in [-0.15, -0.1) is 0 Å². The normalized spacial score (nSPS) is 11.5. The summed E-state index contributed by atoms with van der Waals surface area (Å²) >= 11 is 0. The topological polar surface area (TPSA) is 142 Å². The number of nitrogens with zero attached hydrogens (tertiary/aromatic N) is 4. The highest BCUT2D eigenvalue weighted by Crippen LogP contribution is 2.45. The molecule has 0 unspecified atom stereocenters. The van der Waals surface area contributed by atoms with Crippen molar-refractivity contribution in [1.29, 1.82) is 0 Å². The number of fused-ring (bicyclic) bond motifs is 3. The van der Waals surface area contributed by atoms with Crippen LogP contribution in [0.15, 0.2) is 65.7 Å². The Bertz CT molecular complexity index is 1200. The van der Waals surface area contributed by atoms with Gasteiger partial charge in [0.15, 0.2) is 0 Å². The molecular weight excluding hydrogens is 380 g/mol. The third kappa shape index (κ3) is 2.79. The van der Waals surface area contributed by atoms with Gasteiger partial charge in [0.1, 0.15) is 5.69 Å². The molecule has 0 bridgehead atoms. The molecule has 3 aromatic rings. The molecule has 0 amide bonds. The van der Waals surface area contributed by atoms with Crippen molar-refractivity contribution in [2.24, 2.45) is 4.99 Å². The van der Waals surface area contributed by atoms with Crippen molar-refractivity contribution < 1.29 is 14.8 Å². The molecule has 0 saturated carbocycles. The van der Waals surface area contributed by atoms with Crippen molar-refractivity contribution in [2.75, 3.05) is 0 Å². The van der Waals surface area contributed by atoms with Crippen LogP contribution in [0.1, 0.15) is 11.1 Å². The van der Waals surface area contributed by atoms with E-state index in [0.29, 0.717) is 16.8 Å². The molecule has 0 N–H and O–H groups in total. The molecule has 10 nitrogen and oxygen atoms in total. The summed E-state index contributed by atoms with van der Waals surface area (Å²) in [5.74, 6) is 0. The van der Waals surface area contributed by atoms with Crippen LogP contribution in [-0.2, 0) is 0 Å². The quantitative estimate of drug-likeness (QED) is 0.369. The Balaban J connectivity index is 2.03. The van der Waals surface area contributed by atoms with Crippen LogP contribution in [0.2, 0.25) is 0 Å². The SMILES string of the molecule is O=[N+]([O-])c1ccc(N=C2c3ccccc3-c3ccccc32)c([N+](=O)[O-])c1[N+](=O)[O-]. The predicted octanol–water partition coefficient (Wildman–Crippen LogP) is 4.56. The van der Waals surface area contributed by atoms with Crippen LogP contribution in [0.5, 0.6) is 0 Å². The smallest absolute Gasteiger partial charge is 0.258 e. The van der Waals surface area contributed by atoms with Gasteiger partial charge in [0.2, 0.25) is 0 Å². The van der Waals surface area contributed by atoms with Gasteiger partial charge < -0.3 is 0 Å². The third-order valence-corrected chi connectivity index (χ3v) is 4.56. The Hall–Kier alpha value is -4.47. The van der Waals surface area contributed by atoms with E-state index in [9.17, 15) is 30.3 Å². The van der Waals surface area contributed by atoms with Crippen molar-refractivity contribution in [3.8, 4) is 11.1 Å². The van der Waals surface area contributed by atoms with Gasteiger partial charge in [-0.25, -0.2) is 4.99 Å². The fourth-order valence-corrected chi connectivity index (χ4v) is 3.39. The van der Waals surface area contributed by atoms with Crippen molar-refractivity contribution >= 4 is 28.5 Å². The molecule has 1 aliphatic carbocycles. The Morgan fingerprint density at radius 1 is 0.586 bits per heavy atom. The zero-order valence-corrected chi connectivity index (χ0v) is 14.5. The highest BCUT2D eigenvalue weighted by atomic mass is 16.6.